The van der Waals surface area contributed by atoms with Crippen molar-refractivity contribution in [2.75, 3.05) is 18.4 Å². The van der Waals surface area contributed by atoms with Crippen molar-refractivity contribution >= 4 is 35.3 Å². The van der Waals surface area contributed by atoms with Crippen molar-refractivity contribution in [3.63, 3.8) is 0 Å². The molecule has 1 saturated heterocycles. The van der Waals surface area contributed by atoms with Crippen LogP contribution in [0.25, 0.3) is 0 Å². The summed E-state index contributed by atoms with van der Waals surface area (Å²) in [5.74, 6) is -0.395. The summed E-state index contributed by atoms with van der Waals surface area (Å²) in [7, 11) is 0. The largest absolute Gasteiger partial charge is 0.444 e. The Morgan fingerprint density at radius 2 is 1.57 bits per heavy atom. The van der Waals surface area contributed by atoms with Gasteiger partial charge in [0.2, 0.25) is 0 Å². The Labute approximate surface area is 183 Å². The highest BCUT2D eigenvalue weighted by Crippen LogP contribution is 2.29. The second-order valence-corrected chi connectivity index (χ2v) is 9.86. The minimum Gasteiger partial charge on any atom is -0.444 e. The van der Waals surface area contributed by atoms with Gasteiger partial charge in [0.1, 0.15) is 11.2 Å². The number of nitrogens with one attached hydrogen (secondary N) is 1. The van der Waals surface area contributed by atoms with Crippen LogP contribution in [0.4, 0.5) is 15.3 Å². The maximum absolute atomic E-state index is 13.2. The van der Waals surface area contributed by atoms with E-state index in [1.54, 1.807) is 43.9 Å². The van der Waals surface area contributed by atoms with Gasteiger partial charge in [-0.25, -0.2) is 9.59 Å². The maximum Gasteiger partial charge on any atom is 0.412 e. The molecule has 0 aromatic heterocycles. The van der Waals surface area contributed by atoms with Crippen molar-refractivity contribution in [2.45, 2.75) is 65.6 Å². The van der Waals surface area contributed by atoms with Crippen LogP contribution in [0.15, 0.2) is 18.2 Å². The quantitative estimate of drug-likeness (QED) is 0.628. The smallest absolute Gasteiger partial charge is 0.412 e. The van der Waals surface area contributed by atoms with Gasteiger partial charge in [-0.3, -0.25) is 10.1 Å². The molecule has 0 spiro atoms. The zero-order valence-corrected chi connectivity index (χ0v) is 19.3. The molecule has 2 amide bonds. The van der Waals surface area contributed by atoms with Crippen LogP contribution >= 0.6 is 11.6 Å². The van der Waals surface area contributed by atoms with E-state index in [2.05, 4.69) is 5.32 Å². The molecule has 0 saturated carbocycles. The number of carbonyl (C=O) groups excluding carboxylic acids is 3. The van der Waals surface area contributed by atoms with E-state index < -0.39 is 17.3 Å². The molecule has 0 aliphatic carbocycles. The fraction of sp³-hybridized carbons (Fsp3) is 0.591. The number of nitrogens with zero attached hydrogens (tertiary/aromatic N) is 1. The van der Waals surface area contributed by atoms with E-state index in [0.29, 0.717) is 42.2 Å². The molecule has 0 radical (unpaired) electrons. The molecule has 1 aromatic rings. The average molecular weight is 439 g/mol. The lowest BCUT2D eigenvalue weighted by Crippen LogP contribution is -2.43. The normalized spacial score (nSPS) is 15.5. The van der Waals surface area contributed by atoms with Crippen molar-refractivity contribution in [1.29, 1.82) is 0 Å². The Bertz CT molecular complexity index is 803. The fourth-order valence-electron chi connectivity index (χ4n) is 3.11. The Morgan fingerprint density at radius 1 is 1.00 bits per heavy atom. The molecule has 2 rings (SSSR count). The Hall–Kier alpha value is -2.28. The maximum atomic E-state index is 13.2. The fourth-order valence-corrected chi connectivity index (χ4v) is 3.29. The molecule has 1 fully saturated rings. The molecular formula is C22H31ClN2O5. The highest BCUT2D eigenvalue weighted by atomic mass is 35.5. The van der Waals surface area contributed by atoms with Crippen LogP contribution in [-0.2, 0) is 9.47 Å². The first-order chi connectivity index (χ1) is 13.7. The van der Waals surface area contributed by atoms with E-state index in [0.717, 1.165) is 0 Å². The lowest BCUT2D eigenvalue weighted by molar-refractivity contribution is 0.0182. The number of rotatable bonds is 3. The molecular weight excluding hydrogens is 408 g/mol. The molecule has 1 aliphatic heterocycles. The topological polar surface area (TPSA) is 84.9 Å². The monoisotopic (exact) mass is 438 g/mol. The first-order valence-electron chi connectivity index (χ1n) is 10.1. The zero-order chi connectivity index (χ0) is 22.7. The van der Waals surface area contributed by atoms with Gasteiger partial charge in [0.25, 0.3) is 0 Å². The van der Waals surface area contributed by atoms with Gasteiger partial charge in [-0.1, -0.05) is 11.6 Å². The predicted molar refractivity (Wildman–Crippen MR) is 116 cm³/mol. The van der Waals surface area contributed by atoms with Gasteiger partial charge in [-0.15, -0.1) is 0 Å². The summed E-state index contributed by atoms with van der Waals surface area (Å²) in [6.07, 6.45) is 0.00878. The van der Waals surface area contributed by atoms with E-state index >= 15 is 0 Å². The Balaban J connectivity index is 2.08. The lowest BCUT2D eigenvalue weighted by atomic mass is 9.88. The average Bonchev–Trinajstić information content (AvgIpc) is 2.59. The molecule has 1 aliphatic rings. The highest BCUT2D eigenvalue weighted by Gasteiger charge is 2.31. The summed E-state index contributed by atoms with van der Waals surface area (Å²) < 4.78 is 10.7. The van der Waals surface area contributed by atoms with Crippen LogP contribution in [-0.4, -0.2) is 47.2 Å². The SMILES string of the molecule is CC(C)(C)OC(=O)Nc1ccc(Cl)cc1C(=O)C1CCN(C(=O)OC(C)(C)C)CC1. The summed E-state index contributed by atoms with van der Waals surface area (Å²) in [6.45, 7) is 11.6. The summed E-state index contributed by atoms with van der Waals surface area (Å²) in [5, 5.41) is 3.04. The molecule has 8 heteroatoms. The van der Waals surface area contributed by atoms with Crippen LogP contribution < -0.4 is 5.32 Å². The minimum atomic E-state index is -0.658. The minimum absolute atomic E-state index is 0.118. The summed E-state index contributed by atoms with van der Waals surface area (Å²) in [6, 6.07) is 4.75. The number of halogens is 1. The van der Waals surface area contributed by atoms with Gasteiger partial charge >= 0.3 is 12.2 Å². The number of likely N-dealkylation sites (tertiary alicyclic amines) is 1. The first-order valence-corrected chi connectivity index (χ1v) is 10.4. The van der Waals surface area contributed by atoms with Gasteiger partial charge < -0.3 is 14.4 Å². The Kier molecular flexibility index (Phi) is 7.40. The molecule has 7 nitrogen and oxygen atoms in total. The number of piperidine rings is 1. The van der Waals surface area contributed by atoms with E-state index in [9.17, 15) is 14.4 Å². The van der Waals surface area contributed by atoms with Crippen molar-refractivity contribution in [3.05, 3.63) is 28.8 Å². The van der Waals surface area contributed by atoms with Gasteiger partial charge in [0.05, 0.1) is 5.69 Å². The Morgan fingerprint density at radius 3 is 2.10 bits per heavy atom. The number of benzene rings is 1. The molecule has 0 bridgehead atoms. The predicted octanol–water partition coefficient (Wildman–Crippen LogP) is 5.52. The zero-order valence-electron chi connectivity index (χ0n) is 18.5. The van der Waals surface area contributed by atoms with Crippen LogP contribution in [0.3, 0.4) is 0 Å². The second-order valence-electron chi connectivity index (χ2n) is 9.42. The number of hydrogen-bond acceptors (Lipinski definition) is 5. The van der Waals surface area contributed by atoms with E-state index in [-0.39, 0.29) is 17.8 Å². The third-order valence-electron chi connectivity index (χ3n) is 4.40. The van der Waals surface area contributed by atoms with Gasteiger partial charge in [0, 0.05) is 29.6 Å². The number of Topliss-reactive ketones (excluding diaryl/α,β-unsaturated/α-hetero) is 1. The molecule has 0 atom stereocenters. The molecule has 166 valence electrons. The molecule has 1 heterocycles. The summed E-state index contributed by atoms with van der Waals surface area (Å²) in [5.41, 5.74) is -0.528. The third kappa shape index (κ3) is 7.20. The number of anilines is 1. The molecule has 1 aromatic carbocycles. The van der Waals surface area contributed by atoms with E-state index in [1.807, 2.05) is 20.8 Å². The third-order valence-corrected chi connectivity index (χ3v) is 4.64. The number of ether oxygens (including phenoxy) is 2. The van der Waals surface area contributed by atoms with E-state index in [4.69, 9.17) is 21.1 Å². The lowest BCUT2D eigenvalue weighted by Gasteiger charge is -2.33. The summed E-state index contributed by atoms with van der Waals surface area (Å²) >= 11 is 6.10. The van der Waals surface area contributed by atoms with Crippen LogP contribution in [0, 0.1) is 5.92 Å². The highest BCUT2D eigenvalue weighted by molar-refractivity contribution is 6.31. The van der Waals surface area contributed by atoms with E-state index in [1.165, 1.54) is 0 Å². The molecule has 30 heavy (non-hydrogen) atoms. The number of hydrogen-bond donors (Lipinski definition) is 1. The second kappa shape index (κ2) is 9.25. The molecule has 0 unspecified atom stereocenters. The number of ketones is 1. The van der Waals surface area contributed by atoms with Gasteiger partial charge in [0.15, 0.2) is 5.78 Å². The van der Waals surface area contributed by atoms with Crippen LogP contribution in [0.2, 0.25) is 5.02 Å². The van der Waals surface area contributed by atoms with Crippen molar-refractivity contribution in [1.82, 2.24) is 4.90 Å². The first kappa shape index (κ1) is 24.0. The number of amides is 2. The summed E-state index contributed by atoms with van der Waals surface area (Å²) in [4.78, 5) is 39.2. The van der Waals surface area contributed by atoms with Crippen molar-refractivity contribution in [3.8, 4) is 0 Å². The standard InChI is InChI=1S/C22H31ClN2O5/c1-21(2,3)29-19(27)24-17-8-7-15(23)13-16(17)18(26)14-9-11-25(12-10-14)20(28)30-22(4,5)6/h7-8,13-14H,9-12H2,1-6H3,(H,24,27). The van der Waals surface area contributed by atoms with Gasteiger partial charge in [-0.05, 0) is 72.6 Å². The van der Waals surface area contributed by atoms with Gasteiger partial charge in [-0.2, -0.15) is 0 Å². The van der Waals surface area contributed by atoms with Crippen LogP contribution in [0.1, 0.15) is 64.7 Å². The van der Waals surface area contributed by atoms with Crippen LogP contribution in [0.5, 0.6) is 0 Å². The molecule has 1 N–H and O–H groups in total. The number of carbonyl (C=O) groups is 3. The van der Waals surface area contributed by atoms with Crippen molar-refractivity contribution < 1.29 is 23.9 Å². The van der Waals surface area contributed by atoms with Crippen molar-refractivity contribution in [2.24, 2.45) is 5.92 Å².